The number of aliphatic hydroxyl groups excluding tert-OH is 1. The minimum atomic E-state index is -1.63. The average Bonchev–Trinajstić information content (AvgIpc) is 3.95. The van der Waals surface area contributed by atoms with Crippen LogP contribution in [0.1, 0.15) is 61.6 Å². The summed E-state index contributed by atoms with van der Waals surface area (Å²) in [5, 5.41) is 10.8. The Morgan fingerprint density at radius 3 is 1.51 bits per heavy atom. The van der Waals surface area contributed by atoms with Crippen molar-refractivity contribution in [1.82, 2.24) is 48.9 Å². The molecular weight excluding hydrogens is 817 g/mol. The average molecular weight is 863 g/mol. The molecule has 0 unspecified atom stereocenters. The Labute approximate surface area is 357 Å². The summed E-state index contributed by atoms with van der Waals surface area (Å²) in [4.78, 5) is 50.4. The Kier molecular flexibility index (Phi) is 11.0. The van der Waals surface area contributed by atoms with Gasteiger partial charge < -0.3 is 34.1 Å². The van der Waals surface area contributed by atoms with Gasteiger partial charge in [0.15, 0.2) is 34.3 Å². The van der Waals surface area contributed by atoms with Crippen LogP contribution in [-0.4, -0.2) is 88.0 Å². The van der Waals surface area contributed by atoms with Crippen LogP contribution in [0.15, 0.2) is 82.9 Å². The third kappa shape index (κ3) is 8.11. The molecule has 2 saturated heterocycles. The Balaban J connectivity index is 0.000000155. The molecule has 0 amide bonds. The van der Waals surface area contributed by atoms with Gasteiger partial charge >= 0.3 is 0 Å². The van der Waals surface area contributed by atoms with E-state index in [0.29, 0.717) is 94.8 Å². The Hall–Kier alpha value is -6.30. The molecule has 11 rings (SSSR count). The van der Waals surface area contributed by atoms with Gasteiger partial charge in [0, 0.05) is 87.8 Å². The molecular formula is C46H46F4N10O3. The van der Waals surface area contributed by atoms with E-state index in [4.69, 9.17) is 5.11 Å². The van der Waals surface area contributed by atoms with Crippen molar-refractivity contribution < 1.29 is 22.7 Å². The zero-order valence-corrected chi connectivity index (χ0v) is 35.0. The summed E-state index contributed by atoms with van der Waals surface area (Å²) in [6.07, 6.45) is 10.6. The highest BCUT2D eigenvalue weighted by Gasteiger charge is 2.42. The van der Waals surface area contributed by atoms with Crippen molar-refractivity contribution in [2.24, 2.45) is 0 Å². The monoisotopic (exact) mass is 862 g/mol. The molecule has 2 aliphatic heterocycles. The number of aryl methyl sites for hydroxylation is 2. The number of halogens is 4. The Morgan fingerprint density at radius 1 is 0.619 bits per heavy atom. The molecule has 0 bridgehead atoms. The first kappa shape index (κ1) is 42.0. The van der Waals surface area contributed by atoms with Crippen LogP contribution in [0, 0.1) is 25.5 Å². The summed E-state index contributed by atoms with van der Waals surface area (Å²) in [6.45, 7) is 6.05. The largest absolute Gasteiger partial charge is 0.400 e. The summed E-state index contributed by atoms with van der Waals surface area (Å²) in [5.41, 5.74) is 1.35. The van der Waals surface area contributed by atoms with E-state index in [1.165, 1.54) is 25.0 Å². The lowest BCUT2D eigenvalue weighted by molar-refractivity contribution is 0.0451. The van der Waals surface area contributed by atoms with Crippen LogP contribution in [0.5, 0.6) is 0 Å². The maximum absolute atomic E-state index is 15.7. The van der Waals surface area contributed by atoms with Crippen molar-refractivity contribution in [3.8, 4) is 22.3 Å². The van der Waals surface area contributed by atoms with Crippen molar-refractivity contribution in [2.45, 2.75) is 69.8 Å². The zero-order chi connectivity index (χ0) is 44.2. The molecule has 3 aliphatic rings. The molecule has 13 nitrogen and oxygen atoms in total. The number of hydrogen-bond acceptors (Lipinski definition) is 9. The number of aromatic amines is 2. The number of imidazole rings is 2. The van der Waals surface area contributed by atoms with Crippen LogP contribution in [0.3, 0.4) is 0 Å². The number of benzene rings is 2. The quantitative estimate of drug-likeness (QED) is 0.134. The maximum Gasteiger partial charge on any atom is 0.258 e. The number of likely N-dealkylation sites (tertiary alicyclic amines) is 1. The molecule has 4 N–H and O–H groups in total. The van der Waals surface area contributed by atoms with Crippen LogP contribution < -0.4 is 16.4 Å². The number of alkyl halides is 2. The smallest absolute Gasteiger partial charge is 0.258 e. The van der Waals surface area contributed by atoms with Gasteiger partial charge in [-0.2, -0.15) is 0 Å². The molecule has 0 radical (unpaired) electrons. The molecule has 6 aromatic heterocycles. The van der Waals surface area contributed by atoms with Crippen LogP contribution in [0.2, 0.25) is 0 Å². The molecule has 1 aliphatic carbocycles. The lowest BCUT2D eigenvalue weighted by atomic mass is 9.92. The van der Waals surface area contributed by atoms with E-state index in [1.807, 2.05) is 0 Å². The standard InChI is InChI=1S/C24H23F2N5O.C21H19F2N5O.CH4O/c1-14-12-31-13-16(11-19(25)21(31)27-14)15-2-5-20-18(10-15)22(32)29-23(28-20)24(26)6-8-30(9-7-24)17-3-4-17;1-12-10-28-11-14(9-16(22)18(28)25-12)13-2-3-17-15(8-13)19(29)27-20(26-17)21(23)4-6-24-7-5-21;1-2/h2,5,10-13,17H,3-4,6-9H2,1H3,(H,28,29,32);2-3,8-11,24H,4-7H2,1H3,(H,26,27,29);2H,1H3. The maximum atomic E-state index is 15.7. The van der Waals surface area contributed by atoms with E-state index in [1.54, 1.807) is 83.8 Å². The summed E-state index contributed by atoms with van der Waals surface area (Å²) < 4.78 is 63.1. The van der Waals surface area contributed by atoms with E-state index in [2.05, 4.69) is 40.1 Å². The topological polar surface area (TPSA) is 162 Å². The number of hydrogen-bond donors (Lipinski definition) is 4. The lowest BCUT2D eigenvalue weighted by Crippen LogP contribution is -2.42. The van der Waals surface area contributed by atoms with Gasteiger partial charge in [0.1, 0.15) is 11.6 Å². The fraction of sp³-hybridized carbons (Fsp3) is 0.348. The fourth-order valence-electron chi connectivity index (χ4n) is 8.72. The number of aromatic nitrogens is 8. The van der Waals surface area contributed by atoms with Gasteiger partial charge in [-0.1, -0.05) is 12.1 Å². The Morgan fingerprint density at radius 2 is 1.06 bits per heavy atom. The number of piperidine rings is 2. The van der Waals surface area contributed by atoms with Crippen LogP contribution in [0.25, 0.3) is 55.4 Å². The zero-order valence-electron chi connectivity index (χ0n) is 35.0. The molecule has 0 atom stereocenters. The van der Waals surface area contributed by atoms with E-state index in [9.17, 15) is 18.4 Å². The first-order valence-electron chi connectivity index (χ1n) is 21.0. The number of rotatable bonds is 5. The van der Waals surface area contributed by atoms with E-state index in [0.717, 1.165) is 12.8 Å². The molecule has 8 heterocycles. The van der Waals surface area contributed by atoms with Gasteiger partial charge in [0.25, 0.3) is 11.1 Å². The van der Waals surface area contributed by atoms with Gasteiger partial charge in [-0.05, 0) is 87.3 Å². The Bertz CT molecular complexity index is 3140. The second kappa shape index (κ2) is 16.4. The number of H-pyrrole nitrogens is 2. The molecule has 2 aromatic carbocycles. The van der Waals surface area contributed by atoms with E-state index in [-0.39, 0.29) is 41.3 Å². The minimum absolute atomic E-state index is 0.0746. The van der Waals surface area contributed by atoms with Crippen molar-refractivity contribution >= 4 is 33.1 Å². The summed E-state index contributed by atoms with van der Waals surface area (Å²) in [6, 6.07) is 13.7. The molecule has 1 saturated carbocycles. The van der Waals surface area contributed by atoms with Crippen molar-refractivity contribution in [3.63, 3.8) is 0 Å². The van der Waals surface area contributed by atoms with E-state index >= 15 is 8.78 Å². The SMILES string of the molecule is CO.Cc1cn2cc(-c3ccc4nc(C5(F)CCN(C6CC6)CC5)[nH]c(=O)c4c3)cc(F)c2n1.Cc1cn2cc(-c3ccc4nc(C5(F)CCNCC5)[nH]c(=O)c4c3)cc(F)c2n1. The van der Waals surface area contributed by atoms with Crippen LogP contribution >= 0.6 is 0 Å². The van der Waals surface area contributed by atoms with Crippen LogP contribution in [0.4, 0.5) is 17.6 Å². The van der Waals surface area contributed by atoms with Crippen molar-refractivity contribution in [2.75, 3.05) is 33.3 Å². The minimum Gasteiger partial charge on any atom is -0.400 e. The molecule has 63 heavy (non-hydrogen) atoms. The molecule has 17 heteroatoms. The third-order valence-electron chi connectivity index (χ3n) is 12.2. The predicted molar refractivity (Wildman–Crippen MR) is 232 cm³/mol. The highest BCUT2D eigenvalue weighted by atomic mass is 19.2. The lowest BCUT2D eigenvalue weighted by Gasteiger charge is -2.35. The summed E-state index contributed by atoms with van der Waals surface area (Å²) >= 11 is 0. The molecule has 326 valence electrons. The van der Waals surface area contributed by atoms with Gasteiger partial charge in [0.2, 0.25) is 0 Å². The first-order chi connectivity index (χ1) is 30.3. The van der Waals surface area contributed by atoms with E-state index < -0.39 is 28.5 Å². The highest BCUT2D eigenvalue weighted by molar-refractivity contribution is 5.85. The van der Waals surface area contributed by atoms with Gasteiger partial charge in [-0.3, -0.25) is 9.59 Å². The molecule has 0 spiro atoms. The third-order valence-corrected chi connectivity index (χ3v) is 12.2. The number of pyridine rings is 2. The van der Waals surface area contributed by atoms with Gasteiger partial charge in [-0.15, -0.1) is 0 Å². The predicted octanol–water partition coefficient (Wildman–Crippen LogP) is 6.95. The second-order valence-corrected chi connectivity index (χ2v) is 16.6. The van der Waals surface area contributed by atoms with Crippen molar-refractivity contribution in [3.05, 3.63) is 129 Å². The number of nitrogens with zero attached hydrogens (tertiary/aromatic N) is 7. The van der Waals surface area contributed by atoms with Crippen LogP contribution in [-0.2, 0) is 11.3 Å². The number of aliphatic hydroxyl groups is 1. The summed E-state index contributed by atoms with van der Waals surface area (Å²) in [7, 11) is 1.00. The first-order valence-corrected chi connectivity index (χ1v) is 21.0. The number of fused-ring (bicyclic) bond motifs is 4. The summed E-state index contributed by atoms with van der Waals surface area (Å²) in [5.74, 6) is -0.691. The van der Waals surface area contributed by atoms with Gasteiger partial charge in [-0.25, -0.2) is 37.5 Å². The molecule has 3 fully saturated rings. The fourth-order valence-corrected chi connectivity index (χ4v) is 8.72. The molecule has 8 aromatic rings. The second-order valence-electron chi connectivity index (χ2n) is 16.6. The highest BCUT2D eigenvalue weighted by Crippen LogP contribution is 2.39. The number of nitrogens with one attached hydrogen (secondary N) is 3. The normalized spacial score (nSPS) is 17.4. The van der Waals surface area contributed by atoms with Gasteiger partial charge in [0.05, 0.1) is 33.2 Å². The van der Waals surface area contributed by atoms with Crippen molar-refractivity contribution in [1.29, 1.82) is 0 Å².